The summed E-state index contributed by atoms with van der Waals surface area (Å²) in [7, 11) is 0. The number of hydrogen-bond donors (Lipinski definition) is 2. The average molecular weight is 236 g/mol. The number of nitrogens with zero attached hydrogens (tertiary/aromatic N) is 3. The van der Waals surface area contributed by atoms with E-state index in [0.29, 0.717) is 22.2 Å². The number of nitrogen functional groups attached to an aromatic ring is 1. The largest absolute Gasteiger partial charge is 0.380 e. The molecule has 0 unspecified atom stereocenters. The molecule has 0 radical (unpaired) electrons. The van der Waals surface area contributed by atoms with Gasteiger partial charge >= 0.3 is 0 Å². The van der Waals surface area contributed by atoms with Crippen molar-refractivity contribution in [3.63, 3.8) is 0 Å². The molecular formula is C10H10ClN5. The summed E-state index contributed by atoms with van der Waals surface area (Å²) in [5, 5.41) is 15.3. The Hall–Kier alpha value is -1.88. The van der Waals surface area contributed by atoms with Gasteiger partial charge in [0.25, 0.3) is 0 Å². The highest BCUT2D eigenvalue weighted by Crippen LogP contribution is 2.26. The number of benzene rings is 1. The Bertz CT molecular complexity index is 495. The second kappa shape index (κ2) is 4.32. The molecule has 0 bridgehead atoms. The molecule has 0 spiro atoms. The van der Waals surface area contributed by atoms with Gasteiger partial charge in [-0.3, -0.25) is 5.10 Å². The maximum absolute atomic E-state index is 5.75. The monoisotopic (exact) mass is 235 g/mol. The number of nitrogens with one attached hydrogen (secondary N) is 1. The van der Waals surface area contributed by atoms with Crippen LogP contribution in [-0.2, 0) is 0 Å². The van der Waals surface area contributed by atoms with E-state index in [1.165, 1.54) is 0 Å². The van der Waals surface area contributed by atoms with Crippen molar-refractivity contribution in [3.8, 4) is 0 Å². The Morgan fingerprint density at radius 3 is 2.50 bits per heavy atom. The molecule has 2 rings (SSSR count). The first-order chi connectivity index (χ1) is 7.66. The maximum atomic E-state index is 5.75. The molecule has 0 aliphatic carbocycles. The summed E-state index contributed by atoms with van der Waals surface area (Å²) in [6, 6.07) is 7.05. The number of halogens is 1. The molecule has 0 aliphatic heterocycles. The smallest absolute Gasteiger partial charge is 0.173 e. The van der Waals surface area contributed by atoms with Gasteiger partial charge < -0.3 is 5.73 Å². The Labute approximate surface area is 97.3 Å². The molecule has 0 amide bonds. The van der Waals surface area contributed by atoms with Crippen molar-refractivity contribution in [2.24, 2.45) is 10.2 Å². The van der Waals surface area contributed by atoms with Crippen LogP contribution in [0.4, 0.5) is 17.2 Å². The van der Waals surface area contributed by atoms with E-state index in [9.17, 15) is 0 Å². The van der Waals surface area contributed by atoms with Gasteiger partial charge in [0.15, 0.2) is 5.82 Å². The van der Waals surface area contributed by atoms with E-state index in [1.807, 2.05) is 6.92 Å². The fraction of sp³-hybridized carbons (Fsp3) is 0.100. The standard InChI is InChI=1S/C10H10ClN5/c1-6-9(10(12)16-13-6)15-14-8-4-2-7(11)3-5-8/h2-5H,1H3,(H3,12,13,16). The number of nitrogens with two attached hydrogens (primary N) is 1. The maximum Gasteiger partial charge on any atom is 0.173 e. The van der Waals surface area contributed by atoms with Gasteiger partial charge in [-0.05, 0) is 31.2 Å². The van der Waals surface area contributed by atoms with E-state index in [2.05, 4.69) is 20.4 Å². The summed E-state index contributed by atoms with van der Waals surface area (Å²) in [6.45, 7) is 1.83. The zero-order chi connectivity index (χ0) is 11.5. The molecule has 2 aromatic rings. The van der Waals surface area contributed by atoms with Crippen molar-refractivity contribution in [2.45, 2.75) is 6.92 Å². The Balaban J connectivity index is 2.24. The summed E-state index contributed by atoms with van der Waals surface area (Å²) >= 11 is 5.75. The van der Waals surface area contributed by atoms with Gasteiger partial charge in [-0.15, -0.1) is 5.11 Å². The highest BCUT2D eigenvalue weighted by molar-refractivity contribution is 6.30. The van der Waals surface area contributed by atoms with Crippen molar-refractivity contribution in [1.29, 1.82) is 0 Å². The molecule has 0 saturated heterocycles. The fourth-order valence-corrected chi connectivity index (χ4v) is 1.31. The van der Waals surface area contributed by atoms with Gasteiger partial charge in [0.2, 0.25) is 0 Å². The van der Waals surface area contributed by atoms with Crippen molar-refractivity contribution >= 4 is 28.8 Å². The third kappa shape index (κ3) is 2.20. The molecule has 0 atom stereocenters. The quantitative estimate of drug-likeness (QED) is 0.783. The molecule has 1 heterocycles. The second-order valence-electron chi connectivity index (χ2n) is 3.26. The lowest BCUT2D eigenvalue weighted by Crippen LogP contribution is -1.83. The topological polar surface area (TPSA) is 79.4 Å². The van der Waals surface area contributed by atoms with Crippen LogP contribution in [0.25, 0.3) is 0 Å². The predicted octanol–water partition coefficient (Wildman–Crippen LogP) is 3.37. The number of anilines is 1. The molecule has 16 heavy (non-hydrogen) atoms. The van der Waals surface area contributed by atoms with Crippen LogP contribution in [0.3, 0.4) is 0 Å². The molecule has 1 aromatic carbocycles. The summed E-state index contributed by atoms with van der Waals surface area (Å²) in [5.74, 6) is 0.343. The molecule has 5 nitrogen and oxygen atoms in total. The summed E-state index contributed by atoms with van der Waals surface area (Å²) < 4.78 is 0. The summed E-state index contributed by atoms with van der Waals surface area (Å²) in [4.78, 5) is 0. The Kier molecular flexibility index (Phi) is 2.87. The number of aromatic amines is 1. The SMILES string of the molecule is Cc1[nH]nc(N)c1N=Nc1ccc(Cl)cc1. The molecule has 3 N–H and O–H groups in total. The van der Waals surface area contributed by atoms with Crippen LogP contribution in [0.2, 0.25) is 5.02 Å². The Morgan fingerprint density at radius 1 is 1.25 bits per heavy atom. The van der Waals surface area contributed by atoms with Crippen LogP contribution in [0.5, 0.6) is 0 Å². The minimum atomic E-state index is 0.343. The second-order valence-corrected chi connectivity index (χ2v) is 3.70. The number of aryl methyl sites for hydroxylation is 1. The zero-order valence-electron chi connectivity index (χ0n) is 8.61. The van der Waals surface area contributed by atoms with E-state index >= 15 is 0 Å². The lowest BCUT2D eigenvalue weighted by Gasteiger charge is -1.93. The normalized spacial score (nSPS) is 11.1. The van der Waals surface area contributed by atoms with Crippen LogP contribution in [-0.4, -0.2) is 10.2 Å². The van der Waals surface area contributed by atoms with E-state index < -0.39 is 0 Å². The third-order valence-electron chi connectivity index (χ3n) is 2.03. The van der Waals surface area contributed by atoms with Crippen molar-refractivity contribution in [3.05, 3.63) is 35.0 Å². The first kappa shape index (κ1) is 10.6. The van der Waals surface area contributed by atoms with Gasteiger partial charge in [0.1, 0.15) is 5.69 Å². The van der Waals surface area contributed by atoms with Crippen molar-refractivity contribution in [1.82, 2.24) is 10.2 Å². The van der Waals surface area contributed by atoms with Gasteiger partial charge in [0.05, 0.1) is 11.4 Å². The van der Waals surface area contributed by atoms with Gasteiger partial charge in [0, 0.05) is 5.02 Å². The van der Waals surface area contributed by atoms with Crippen LogP contribution >= 0.6 is 11.6 Å². The zero-order valence-corrected chi connectivity index (χ0v) is 9.36. The average Bonchev–Trinajstić information content (AvgIpc) is 2.59. The minimum Gasteiger partial charge on any atom is -0.380 e. The first-order valence-electron chi connectivity index (χ1n) is 4.64. The number of H-pyrrole nitrogens is 1. The molecule has 0 fully saturated rings. The molecule has 82 valence electrons. The molecule has 6 heteroatoms. The lowest BCUT2D eigenvalue weighted by atomic mass is 10.3. The number of rotatable bonds is 2. The number of hydrogen-bond acceptors (Lipinski definition) is 4. The van der Waals surface area contributed by atoms with Crippen LogP contribution in [0, 0.1) is 6.92 Å². The van der Waals surface area contributed by atoms with Gasteiger partial charge in [-0.2, -0.15) is 10.2 Å². The van der Waals surface area contributed by atoms with Crippen LogP contribution in [0.15, 0.2) is 34.5 Å². The van der Waals surface area contributed by atoms with Crippen molar-refractivity contribution in [2.75, 3.05) is 5.73 Å². The van der Waals surface area contributed by atoms with E-state index in [1.54, 1.807) is 24.3 Å². The van der Waals surface area contributed by atoms with E-state index in [4.69, 9.17) is 17.3 Å². The molecule has 0 aliphatic rings. The van der Waals surface area contributed by atoms with Crippen molar-refractivity contribution < 1.29 is 0 Å². The molecule has 1 aromatic heterocycles. The van der Waals surface area contributed by atoms with Gasteiger partial charge in [-0.25, -0.2) is 0 Å². The Morgan fingerprint density at radius 2 is 1.94 bits per heavy atom. The van der Waals surface area contributed by atoms with E-state index in [-0.39, 0.29) is 0 Å². The molecular weight excluding hydrogens is 226 g/mol. The summed E-state index contributed by atoms with van der Waals surface area (Å²) in [6.07, 6.45) is 0. The minimum absolute atomic E-state index is 0.343. The van der Waals surface area contributed by atoms with Gasteiger partial charge in [-0.1, -0.05) is 11.6 Å². The lowest BCUT2D eigenvalue weighted by molar-refractivity contribution is 1.05. The fourth-order valence-electron chi connectivity index (χ4n) is 1.18. The predicted molar refractivity (Wildman–Crippen MR) is 63.4 cm³/mol. The van der Waals surface area contributed by atoms with Crippen LogP contribution < -0.4 is 5.73 Å². The van der Waals surface area contributed by atoms with E-state index in [0.717, 1.165) is 5.69 Å². The molecule has 0 saturated carbocycles. The highest BCUT2D eigenvalue weighted by Gasteiger charge is 2.04. The highest BCUT2D eigenvalue weighted by atomic mass is 35.5. The number of azo groups is 1. The van der Waals surface area contributed by atoms with Crippen LogP contribution in [0.1, 0.15) is 5.69 Å². The summed E-state index contributed by atoms with van der Waals surface area (Å²) in [5.41, 5.74) is 7.68. The number of aromatic nitrogens is 2. The third-order valence-corrected chi connectivity index (χ3v) is 2.29. The first-order valence-corrected chi connectivity index (χ1v) is 5.02.